The van der Waals surface area contributed by atoms with Crippen LogP contribution in [0, 0.1) is 0 Å². The van der Waals surface area contributed by atoms with E-state index in [0.717, 1.165) is 5.75 Å². The first-order valence-electron chi connectivity index (χ1n) is 6.00. The molecule has 2 nitrogen and oxygen atoms in total. The van der Waals surface area contributed by atoms with Crippen LogP contribution in [0.3, 0.4) is 0 Å². The fourth-order valence-corrected chi connectivity index (χ4v) is 2.50. The SMILES string of the molecule is CCCC(CCC)NCC(C)(O)CSC. The van der Waals surface area contributed by atoms with E-state index in [0.29, 0.717) is 12.6 Å². The molecule has 0 bridgehead atoms. The van der Waals surface area contributed by atoms with E-state index < -0.39 is 5.60 Å². The molecule has 0 rings (SSSR count). The summed E-state index contributed by atoms with van der Waals surface area (Å²) in [5.74, 6) is 0.797. The van der Waals surface area contributed by atoms with Crippen LogP contribution in [0.25, 0.3) is 0 Å². The molecule has 0 aromatic rings. The van der Waals surface area contributed by atoms with Crippen molar-refractivity contribution in [2.45, 2.75) is 58.1 Å². The lowest BCUT2D eigenvalue weighted by molar-refractivity contribution is 0.0805. The van der Waals surface area contributed by atoms with Crippen LogP contribution in [-0.2, 0) is 0 Å². The number of nitrogens with one attached hydrogen (secondary N) is 1. The second-order valence-corrected chi connectivity index (χ2v) is 5.45. The maximum absolute atomic E-state index is 10.0. The summed E-state index contributed by atoms with van der Waals surface area (Å²) >= 11 is 1.70. The van der Waals surface area contributed by atoms with E-state index in [2.05, 4.69) is 19.2 Å². The van der Waals surface area contributed by atoms with Gasteiger partial charge < -0.3 is 10.4 Å². The molecule has 0 aliphatic rings. The third-order valence-corrected chi connectivity index (χ3v) is 3.41. The second kappa shape index (κ2) is 8.43. The van der Waals surface area contributed by atoms with Crippen molar-refractivity contribution in [3.05, 3.63) is 0 Å². The van der Waals surface area contributed by atoms with Gasteiger partial charge in [-0.25, -0.2) is 0 Å². The Morgan fingerprint density at radius 3 is 2.20 bits per heavy atom. The summed E-state index contributed by atoms with van der Waals surface area (Å²) in [6.45, 7) is 7.04. The normalized spacial score (nSPS) is 15.6. The monoisotopic (exact) mass is 233 g/mol. The second-order valence-electron chi connectivity index (χ2n) is 4.59. The maximum Gasteiger partial charge on any atom is 0.0833 e. The number of aliphatic hydroxyl groups is 1. The van der Waals surface area contributed by atoms with Crippen LogP contribution in [0.1, 0.15) is 46.5 Å². The highest BCUT2D eigenvalue weighted by molar-refractivity contribution is 7.98. The van der Waals surface area contributed by atoms with Crippen LogP contribution in [0.15, 0.2) is 0 Å². The number of thioether (sulfide) groups is 1. The average molecular weight is 233 g/mol. The number of rotatable bonds is 9. The third-order valence-electron chi connectivity index (χ3n) is 2.50. The molecule has 15 heavy (non-hydrogen) atoms. The van der Waals surface area contributed by atoms with E-state index in [9.17, 15) is 5.11 Å². The van der Waals surface area contributed by atoms with Crippen molar-refractivity contribution >= 4 is 11.8 Å². The summed E-state index contributed by atoms with van der Waals surface area (Å²) in [5.41, 5.74) is -0.570. The van der Waals surface area contributed by atoms with Crippen molar-refractivity contribution in [2.24, 2.45) is 0 Å². The summed E-state index contributed by atoms with van der Waals surface area (Å²) < 4.78 is 0. The fourth-order valence-electron chi connectivity index (χ4n) is 1.77. The maximum atomic E-state index is 10.0. The topological polar surface area (TPSA) is 32.3 Å². The first-order chi connectivity index (χ1) is 7.05. The molecule has 0 saturated carbocycles. The average Bonchev–Trinajstić information content (AvgIpc) is 2.15. The van der Waals surface area contributed by atoms with Gasteiger partial charge in [-0.05, 0) is 26.0 Å². The van der Waals surface area contributed by atoms with Crippen LogP contribution in [-0.4, -0.2) is 35.3 Å². The van der Waals surface area contributed by atoms with Gasteiger partial charge in [-0.2, -0.15) is 11.8 Å². The van der Waals surface area contributed by atoms with Crippen LogP contribution in [0.2, 0.25) is 0 Å². The minimum atomic E-state index is -0.570. The van der Waals surface area contributed by atoms with Crippen LogP contribution < -0.4 is 5.32 Å². The van der Waals surface area contributed by atoms with E-state index in [1.165, 1.54) is 25.7 Å². The van der Waals surface area contributed by atoms with Gasteiger partial charge in [0.25, 0.3) is 0 Å². The van der Waals surface area contributed by atoms with Gasteiger partial charge in [0, 0.05) is 18.3 Å². The number of hydrogen-bond donors (Lipinski definition) is 2. The highest BCUT2D eigenvalue weighted by atomic mass is 32.2. The van der Waals surface area contributed by atoms with Crippen molar-refractivity contribution in [3.8, 4) is 0 Å². The van der Waals surface area contributed by atoms with Crippen LogP contribution in [0.5, 0.6) is 0 Å². The van der Waals surface area contributed by atoms with E-state index in [1.807, 2.05) is 13.2 Å². The molecule has 0 heterocycles. The Bertz CT molecular complexity index is 145. The summed E-state index contributed by atoms with van der Waals surface area (Å²) in [6.07, 6.45) is 6.88. The van der Waals surface area contributed by atoms with Crippen molar-refractivity contribution in [1.29, 1.82) is 0 Å². The molecule has 0 aromatic heterocycles. The predicted octanol–water partition coefficient (Wildman–Crippen LogP) is 2.66. The summed E-state index contributed by atoms with van der Waals surface area (Å²) in [6, 6.07) is 0.577. The molecule has 2 N–H and O–H groups in total. The summed E-state index contributed by atoms with van der Waals surface area (Å²) in [7, 11) is 0. The smallest absolute Gasteiger partial charge is 0.0833 e. The van der Waals surface area contributed by atoms with Crippen molar-refractivity contribution in [2.75, 3.05) is 18.6 Å². The van der Waals surface area contributed by atoms with Gasteiger partial charge in [0.05, 0.1) is 5.60 Å². The molecule has 0 radical (unpaired) electrons. The molecule has 0 saturated heterocycles. The van der Waals surface area contributed by atoms with Crippen LogP contribution >= 0.6 is 11.8 Å². The predicted molar refractivity (Wildman–Crippen MR) is 70.6 cm³/mol. The molecular formula is C12H27NOS. The Morgan fingerprint density at radius 2 is 1.80 bits per heavy atom. The van der Waals surface area contributed by atoms with Gasteiger partial charge in [-0.3, -0.25) is 0 Å². The first kappa shape index (κ1) is 15.3. The molecule has 0 fully saturated rings. The summed E-state index contributed by atoms with van der Waals surface area (Å²) in [5, 5.41) is 13.5. The molecule has 1 atom stereocenters. The summed E-state index contributed by atoms with van der Waals surface area (Å²) in [4.78, 5) is 0. The van der Waals surface area contributed by atoms with E-state index in [-0.39, 0.29) is 0 Å². The van der Waals surface area contributed by atoms with Crippen molar-refractivity contribution in [3.63, 3.8) is 0 Å². The zero-order chi connectivity index (χ0) is 11.7. The van der Waals surface area contributed by atoms with Gasteiger partial charge in [0.15, 0.2) is 0 Å². The Labute approximate surface area is 99.2 Å². The molecule has 0 aromatic carbocycles. The zero-order valence-corrected chi connectivity index (χ0v) is 11.5. The highest BCUT2D eigenvalue weighted by Gasteiger charge is 2.20. The zero-order valence-electron chi connectivity index (χ0n) is 10.7. The Balaban J connectivity index is 3.85. The van der Waals surface area contributed by atoms with Crippen LogP contribution in [0.4, 0.5) is 0 Å². The van der Waals surface area contributed by atoms with Crippen molar-refractivity contribution < 1.29 is 5.11 Å². The molecule has 3 heteroatoms. The molecule has 0 spiro atoms. The first-order valence-corrected chi connectivity index (χ1v) is 7.39. The van der Waals surface area contributed by atoms with Gasteiger partial charge in [0.2, 0.25) is 0 Å². The van der Waals surface area contributed by atoms with Gasteiger partial charge >= 0.3 is 0 Å². The van der Waals surface area contributed by atoms with Gasteiger partial charge in [-0.1, -0.05) is 26.7 Å². The fraction of sp³-hybridized carbons (Fsp3) is 1.00. The Hall–Kier alpha value is 0.270. The molecule has 0 aliphatic carbocycles. The lowest BCUT2D eigenvalue weighted by atomic mass is 10.0. The molecule has 92 valence electrons. The van der Waals surface area contributed by atoms with Gasteiger partial charge in [0.1, 0.15) is 0 Å². The quantitative estimate of drug-likeness (QED) is 0.642. The lowest BCUT2D eigenvalue weighted by Gasteiger charge is -2.26. The van der Waals surface area contributed by atoms with Crippen molar-refractivity contribution in [1.82, 2.24) is 5.32 Å². The van der Waals surface area contributed by atoms with E-state index in [1.54, 1.807) is 11.8 Å². The molecule has 0 amide bonds. The minimum Gasteiger partial charge on any atom is -0.388 e. The molecular weight excluding hydrogens is 206 g/mol. The number of hydrogen-bond acceptors (Lipinski definition) is 3. The Morgan fingerprint density at radius 1 is 1.27 bits per heavy atom. The highest BCUT2D eigenvalue weighted by Crippen LogP contribution is 2.11. The third kappa shape index (κ3) is 8.12. The largest absolute Gasteiger partial charge is 0.388 e. The minimum absolute atomic E-state index is 0.570. The standard InChI is InChI=1S/C12H27NOS/c1-5-7-11(8-6-2)13-9-12(3,14)10-15-4/h11,13-14H,5-10H2,1-4H3. The molecule has 0 aliphatic heterocycles. The Kier molecular flexibility index (Phi) is 8.58. The molecule has 1 unspecified atom stereocenters. The van der Waals surface area contributed by atoms with E-state index in [4.69, 9.17) is 0 Å². The lowest BCUT2D eigenvalue weighted by Crippen LogP contribution is -2.44. The van der Waals surface area contributed by atoms with Gasteiger partial charge in [-0.15, -0.1) is 0 Å². The van der Waals surface area contributed by atoms with E-state index >= 15 is 0 Å².